The minimum Gasteiger partial charge on any atom is -0.316 e. The van der Waals surface area contributed by atoms with E-state index in [1.165, 1.54) is 10.4 Å². The van der Waals surface area contributed by atoms with Crippen LogP contribution in [0.5, 0.6) is 0 Å². The van der Waals surface area contributed by atoms with Crippen molar-refractivity contribution in [1.29, 1.82) is 0 Å². The van der Waals surface area contributed by atoms with E-state index in [4.69, 9.17) is 0 Å². The third-order valence-electron chi connectivity index (χ3n) is 1.89. The highest BCUT2D eigenvalue weighted by Crippen LogP contribution is 2.24. The quantitative estimate of drug-likeness (QED) is 0.826. The van der Waals surface area contributed by atoms with Gasteiger partial charge in [0.2, 0.25) is 0 Å². The van der Waals surface area contributed by atoms with Crippen LogP contribution in [0.15, 0.2) is 17.6 Å². The molecule has 0 amide bonds. The van der Waals surface area contributed by atoms with E-state index in [0.717, 1.165) is 12.2 Å². The van der Waals surface area contributed by atoms with E-state index in [0.29, 0.717) is 0 Å². The molecule has 2 aromatic heterocycles. The fourth-order valence-electron chi connectivity index (χ4n) is 1.27. The van der Waals surface area contributed by atoms with Crippen LogP contribution in [-0.4, -0.2) is 22.0 Å². The maximum absolute atomic E-state index is 4.06. The summed E-state index contributed by atoms with van der Waals surface area (Å²) in [7, 11) is 3.82. The van der Waals surface area contributed by atoms with Gasteiger partial charge in [0.15, 0.2) is 0 Å². The molecule has 0 unspecified atom stereocenters. The zero-order chi connectivity index (χ0) is 9.97. The Hall–Kier alpha value is -1.20. The third-order valence-corrected chi connectivity index (χ3v) is 2.89. The summed E-state index contributed by atoms with van der Waals surface area (Å²) in [6, 6.07) is 2.14. The molecule has 0 aliphatic rings. The highest BCUT2D eigenvalue weighted by atomic mass is 32.1. The van der Waals surface area contributed by atoms with E-state index >= 15 is 0 Å². The molecule has 5 heteroatoms. The summed E-state index contributed by atoms with van der Waals surface area (Å²) < 4.78 is 1.72. The minimum atomic E-state index is 0.900. The summed E-state index contributed by atoms with van der Waals surface area (Å²) in [6.07, 6.45) is 1.93. The summed E-state index contributed by atoms with van der Waals surface area (Å²) in [5, 5.41) is 13.2. The first kappa shape index (κ1) is 9.36. The first-order valence-corrected chi connectivity index (χ1v) is 5.26. The van der Waals surface area contributed by atoms with Gasteiger partial charge in [-0.1, -0.05) is 5.21 Å². The van der Waals surface area contributed by atoms with Crippen molar-refractivity contribution in [3.05, 3.63) is 23.2 Å². The average molecular weight is 208 g/mol. The maximum Gasteiger partial charge on any atom is 0.122 e. The van der Waals surface area contributed by atoms with Gasteiger partial charge in [-0.15, -0.1) is 16.4 Å². The fraction of sp³-hybridized carbons (Fsp3) is 0.333. The Labute approximate surface area is 86.6 Å². The van der Waals surface area contributed by atoms with Gasteiger partial charge in [-0.3, -0.25) is 4.68 Å². The zero-order valence-corrected chi connectivity index (χ0v) is 9.01. The van der Waals surface area contributed by atoms with Crippen LogP contribution in [0.3, 0.4) is 0 Å². The molecule has 0 aliphatic heterocycles. The van der Waals surface area contributed by atoms with Crippen molar-refractivity contribution in [3.8, 4) is 10.6 Å². The van der Waals surface area contributed by atoms with Gasteiger partial charge in [-0.25, -0.2) is 0 Å². The van der Waals surface area contributed by atoms with Gasteiger partial charge >= 0.3 is 0 Å². The molecule has 74 valence electrons. The normalized spacial score (nSPS) is 10.7. The van der Waals surface area contributed by atoms with Crippen LogP contribution >= 0.6 is 11.3 Å². The molecule has 1 N–H and O–H groups in total. The first-order chi connectivity index (χ1) is 6.79. The second-order valence-electron chi connectivity index (χ2n) is 3.13. The molecule has 0 saturated heterocycles. The number of aromatic nitrogens is 3. The van der Waals surface area contributed by atoms with Gasteiger partial charge < -0.3 is 5.32 Å². The molecule has 0 saturated carbocycles. The largest absolute Gasteiger partial charge is 0.316 e. The lowest BCUT2D eigenvalue weighted by molar-refractivity contribution is 0.715. The monoisotopic (exact) mass is 208 g/mol. The maximum atomic E-state index is 4.06. The molecule has 2 rings (SSSR count). The predicted octanol–water partition coefficient (Wildman–Crippen LogP) is 1.26. The number of hydrogen-bond donors (Lipinski definition) is 1. The van der Waals surface area contributed by atoms with Crippen molar-refractivity contribution in [2.24, 2.45) is 7.05 Å². The molecule has 14 heavy (non-hydrogen) atoms. The Morgan fingerprint density at radius 3 is 3.07 bits per heavy atom. The number of nitrogens with zero attached hydrogens (tertiary/aromatic N) is 3. The van der Waals surface area contributed by atoms with Crippen molar-refractivity contribution >= 4 is 11.3 Å². The third kappa shape index (κ3) is 1.83. The molecule has 0 fully saturated rings. The minimum absolute atomic E-state index is 0.900. The molecule has 4 nitrogen and oxygen atoms in total. The predicted molar refractivity (Wildman–Crippen MR) is 57.1 cm³/mol. The summed E-state index contributed by atoms with van der Waals surface area (Å²) in [5.74, 6) is 0. The average Bonchev–Trinajstić information content (AvgIpc) is 2.74. The van der Waals surface area contributed by atoms with Gasteiger partial charge in [0, 0.05) is 13.6 Å². The van der Waals surface area contributed by atoms with Crippen molar-refractivity contribution in [1.82, 2.24) is 20.3 Å². The smallest absolute Gasteiger partial charge is 0.122 e. The highest BCUT2D eigenvalue weighted by Gasteiger charge is 2.05. The summed E-state index contributed by atoms with van der Waals surface area (Å²) in [4.78, 5) is 1.17. The molecular formula is C9H12N4S. The van der Waals surface area contributed by atoms with E-state index in [9.17, 15) is 0 Å². The second kappa shape index (κ2) is 3.89. The van der Waals surface area contributed by atoms with Gasteiger partial charge in [0.1, 0.15) is 5.69 Å². The van der Waals surface area contributed by atoms with Crippen molar-refractivity contribution in [3.63, 3.8) is 0 Å². The number of rotatable bonds is 3. The molecule has 0 aromatic carbocycles. The van der Waals surface area contributed by atoms with Crippen molar-refractivity contribution in [2.75, 3.05) is 7.05 Å². The van der Waals surface area contributed by atoms with E-state index < -0.39 is 0 Å². The zero-order valence-electron chi connectivity index (χ0n) is 8.19. The molecule has 2 aromatic rings. The Kier molecular flexibility index (Phi) is 2.60. The van der Waals surface area contributed by atoms with Crippen LogP contribution in [0.2, 0.25) is 0 Å². The lowest BCUT2D eigenvalue weighted by Gasteiger charge is -1.91. The van der Waals surface area contributed by atoms with E-state index in [1.807, 2.05) is 20.3 Å². The molecule has 0 radical (unpaired) electrons. The van der Waals surface area contributed by atoms with E-state index in [1.54, 1.807) is 16.0 Å². The van der Waals surface area contributed by atoms with E-state index in [-0.39, 0.29) is 0 Å². The SMILES string of the molecule is CNCc1csc(-c2cn(C)nn2)c1. The summed E-state index contributed by atoms with van der Waals surface area (Å²) in [6.45, 7) is 0.900. The van der Waals surface area contributed by atoms with Gasteiger partial charge in [0.25, 0.3) is 0 Å². The van der Waals surface area contributed by atoms with Crippen molar-refractivity contribution in [2.45, 2.75) is 6.54 Å². The number of hydrogen-bond acceptors (Lipinski definition) is 4. The number of thiophene rings is 1. The van der Waals surface area contributed by atoms with Gasteiger partial charge in [0.05, 0.1) is 11.1 Å². The standard InChI is InChI=1S/C9H12N4S/c1-10-4-7-3-9(14-6-7)8-5-13(2)12-11-8/h3,5-6,10H,4H2,1-2H3. The van der Waals surface area contributed by atoms with Crippen LogP contribution in [0.4, 0.5) is 0 Å². The summed E-state index contributed by atoms with van der Waals surface area (Å²) in [5.41, 5.74) is 2.23. The highest BCUT2D eigenvalue weighted by molar-refractivity contribution is 7.13. The second-order valence-corrected chi connectivity index (χ2v) is 4.04. The van der Waals surface area contributed by atoms with Crippen molar-refractivity contribution < 1.29 is 0 Å². The molecular weight excluding hydrogens is 196 g/mol. The Bertz CT molecular complexity index is 418. The Morgan fingerprint density at radius 2 is 2.43 bits per heavy atom. The Balaban J connectivity index is 2.24. The molecule has 0 aliphatic carbocycles. The van der Waals surface area contributed by atoms with Crippen LogP contribution in [-0.2, 0) is 13.6 Å². The van der Waals surface area contributed by atoms with E-state index in [2.05, 4.69) is 27.1 Å². The number of aryl methyl sites for hydroxylation is 1. The lowest BCUT2D eigenvalue weighted by Crippen LogP contribution is -2.03. The summed E-state index contributed by atoms with van der Waals surface area (Å²) >= 11 is 1.70. The molecule has 0 spiro atoms. The first-order valence-electron chi connectivity index (χ1n) is 4.38. The van der Waals surface area contributed by atoms with Crippen LogP contribution in [0.25, 0.3) is 10.6 Å². The van der Waals surface area contributed by atoms with Gasteiger partial charge in [-0.05, 0) is 24.1 Å². The fourth-order valence-corrected chi connectivity index (χ4v) is 2.13. The van der Waals surface area contributed by atoms with Crippen LogP contribution in [0, 0.1) is 0 Å². The Morgan fingerprint density at radius 1 is 1.57 bits per heavy atom. The molecule has 2 heterocycles. The number of nitrogens with one attached hydrogen (secondary N) is 1. The molecule has 0 atom stereocenters. The van der Waals surface area contributed by atoms with Gasteiger partial charge in [-0.2, -0.15) is 0 Å². The molecule has 0 bridgehead atoms. The lowest BCUT2D eigenvalue weighted by atomic mass is 10.3. The van der Waals surface area contributed by atoms with Crippen LogP contribution in [0.1, 0.15) is 5.56 Å². The van der Waals surface area contributed by atoms with Crippen LogP contribution < -0.4 is 5.32 Å². The topological polar surface area (TPSA) is 42.7 Å².